The lowest BCUT2D eigenvalue weighted by atomic mass is 9.82. The first-order valence-electron chi connectivity index (χ1n) is 9.70. The SMILES string of the molecule is COc1cc2c(c(OC)c1OC)C1=C[C@H]3O[C@@]1(C=C[C@H]3OC)[C@@H](NC(C)=O)CC2. The van der Waals surface area contributed by atoms with Crippen LogP contribution in [-0.4, -0.2) is 58.2 Å². The molecule has 0 fully saturated rings. The zero-order valence-corrected chi connectivity index (χ0v) is 17.4. The lowest BCUT2D eigenvalue weighted by Gasteiger charge is -2.40. The molecule has 0 unspecified atom stereocenters. The molecule has 1 N–H and O–H groups in total. The molecule has 2 aliphatic heterocycles. The molecular weight excluding hydrogens is 374 g/mol. The third kappa shape index (κ3) is 2.91. The van der Waals surface area contributed by atoms with Crippen molar-refractivity contribution in [1.29, 1.82) is 0 Å². The van der Waals surface area contributed by atoms with Gasteiger partial charge in [-0.05, 0) is 42.2 Å². The van der Waals surface area contributed by atoms with Crippen molar-refractivity contribution in [2.24, 2.45) is 0 Å². The molecule has 7 heteroatoms. The van der Waals surface area contributed by atoms with Gasteiger partial charge in [0.2, 0.25) is 11.7 Å². The Kier molecular flexibility index (Phi) is 5.04. The molecule has 1 aromatic carbocycles. The lowest BCUT2D eigenvalue weighted by molar-refractivity contribution is -0.123. The number of carbonyl (C=O) groups excluding carboxylic acids is 1. The quantitative estimate of drug-likeness (QED) is 0.763. The van der Waals surface area contributed by atoms with Crippen LogP contribution in [0.1, 0.15) is 24.5 Å². The number of aryl methyl sites for hydroxylation is 1. The highest BCUT2D eigenvalue weighted by atomic mass is 16.6. The molecule has 0 aromatic heterocycles. The van der Waals surface area contributed by atoms with Gasteiger partial charge in [-0.2, -0.15) is 0 Å². The Bertz CT molecular complexity index is 892. The van der Waals surface area contributed by atoms with Crippen LogP contribution < -0.4 is 19.5 Å². The van der Waals surface area contributed by atoms with Crippen LogP contribution in [-0.2, 0) is 20.7 Å². The predicted molar refractivity (Wildman–Crippen MR) is 108 cm³/mol. The summed E-state index contributed by atoms with van der Waals surface area (Å²) in [4.78, 5) is 12.0. The van der Waals surface area contributed by atoms with Crippen LogP contribution in [0.25, 0.3) is 5.57 Å². The molecule has 0 radical (unpaired) electrons. The monoisotopic (exact) mass is 401 g/mol. The minimum atomic E-state index is -0.788. The van der Waals surface area contributed by atoms with Crippen LogP contribution in [0.5, 0.6) is 17.2 Å². The van der Waals surface area contributed by atoms with E-state index < -0.39 is 5.60 Å². The van der Waals surface area contributed by atoms with Gasteiger partial charge < -0.3 is 29.0 Å². The first-order chi connectivity index (χ1) is 14.0. The summed E-state index contributed by atoms with van der Waals surface area (Å²) in [5.74, 6) is 1.67. The number of hydrogen-bond acceptors (Lipinski definition) is 6. The molecule has 4 rings (SSSR count). The van der Waals surface area contributed by atoms with Gasteiger partial charge in [-0.25, -0.2) is 0 Å². The van der Waals surface area contributed by atoms with Crippen molar-refractivity contribution in [2.75, 3.05) is 28.4 Å². The van der Waals surface area contributed by atoms with Crippen molar-refractivity contribution in [3.05, 3.63) is 35.4 Å². The van der Waals surface area contributed by atoms with Crippen molar-refractivity contribution >= 4 is 11.5 Å². The molecule has 2 bridgehead atoms. The summed E-state index contributed by atoms with van der Waals surface area (Å²) in [6.07, 6.45) is 7.12. The Morgan fingerprint density at radius 2 is 1.93 bits per heavy atom. The fourth-order valence-electron chi connectivity index (χ4n) is 4.77. The van der Waals surface area contributed by atoms with Gasteiger partial charge in [-0.3, -0.25) is 4.79 Å². The molecule has 0 saturated carbocycles. The summed E-state index contributed by atoms with van der Waals surface area (Å²) in [6.45, 7) is 1.53. The predicted octanol–water partition coefficient (Wildman–Crippen LogP) is 2.27. The number of benzene rings is 1. The molecule has 2 heterocycles. The summed E-state index contributed by atoms with van der Waals surface area (Å²) in [6, 6.07) is 1.76. The number of rotatable bonds is 5. The number of nitrogens with one attached hydrogen (secondary N) is 1. The topological polar surface area (TPSA) is 75.2 Å². The van der Waals surface area contributed by atoms with Crippen LogP contribution in [0, 0.1) is 0 Å². The van der Waals surface area contributed by atoms with Crippen LogP contribution in [0.4, 0.5) is 0 Å². The Balaban J connectivity index is 1.97. The van der Waals surface area contributed by atoms with Crippen molar-refractivity contribution in [3.8, 4) is 17.2 Å². The summed E-state index contributed by atoms with van der Waals surface area (Å²) < 4.78 is 29.1. The highest BCUT2D eigenvalue weighted by Gasteiger charge is 2.54. The Hall–Kier alpha value is -2.51. The smallest absolute Gasteiger partial charge is 0.217 e. The van der Waals surface area contributed by atoms with E-state index in [9.17, 15) is 4.79 Å². The van der Waals surface area contributed by atoms with E-state index in [0.29, 0.717) is 23.7 Å². The van der Waals surface area contributed by atoms with E-state index >= 15 is 0 Å². The van der Waals surface area contributed by atoms with Gasteiger partial charge in [-0.15, -0.1) is 0 Å². The largest absolute Gasteiger partial charge is 0.493 e. The molecule has 1 aromatic rings. The molecule has 1 amide bonds. The summed E-state index contributed by atoms with van der Waals surface area (Å²) >= 11 is 0. The standard InChI is InChI=1S/C22H27NO6/c1-12(24)23-18-7-6-13-10-17(26-3)20(27-4)21(28-5)19(13)14-11-16-15(25-2)8-9-22(14,18)29-16/h8-11,15-16,18H,6-7H2,1-5H3,(H,23,24)/t15-,16-,18+,22-/m1/s1. The minimum absolute atomic E-state index is 0.0916. The van der Waals surface area contributed by atoms with Crippen molar-refractivity contribution in [1.82, 2.24) is 5.32 Å². The molecule has 1 spiro atoms. The summed E-state index contributed by atoms with van der Waals surface area (Å²) in [5.41, 5.74) is 2.17. The number of amides is 1. The van der Waals surface area contributed by atoms with Gasteiger partial charge in [0.1, 0.15) is 17.8 Å². The van der Waals surface area contributed by atoms with E-state index in [2.05, 4.69) is 11.4 Å². The summed E-state index contributed by atoms with van der Waals surface area (Å²) in [7, 11) is 6.49. The normalized spacial score (nSPS) is 29.3. The number of ether oxygens (including phenoxy) is 5. The highest BCUT2D eigenvalue weighted by molar-refractivity contribution is 5.87. The number of carbonyl (C=O) groups is 1. The second-order valence-corrected chi connectivity index (χ2v) is 7.49. The van der Waals surface area contributed by atoms with Crippen LogP contribution in [0.15, 0.2) is 24.3 Å². The van der Waals surface area contributed by atoms with E-state index in [1.54, 1.807) is 28.4 Å². The van der Waals surface area contributed by atoms with E-state index in [0.717, 1.165) is 23.1 Å². The molecule has 156 valence electrons. The Morgan fingerprint density at radius 3 is 2.55 bits per heavy atom. The van der Waals surface area contributed by atoms with Gasteiger partial charge in [0.05, 0.1) is 27.4 Å². The van der Waals surface area contributed by atoms with Crippen LogP contribution in [0.3, 0.4) is 0 Å². The fraction of sp³-hybridized carbons (Fsp3) is 0.500. The van der Waals surface area contributed by atoms with E-state index in [1.807, 2.05) is 18.2 Å². The number of fused-ring (bicyclic) bond motifs is 3. The Morgan fingerprint density at radius 1 is 1.17 bits per heavy atom. The summed E-state index contributed by atoms with van der Waals surface area (Å²) in [5, 5.41) is 3.10. The molecule has 0 saturated heterocycles. The first kappa shape index (κ1) is 19.8. The number of hydrogen-bond donors (Lipinski definition) is 1. The van der Waals surface area contributed by atoms with E-state index in [4.69, 9.17) is 23.7 Å². The molecule has 3 aliphatic rings. The minimum Gasteiger partial charge on any atom is -0.493 e. The van der Waals surface area contributed by atoms with Gasteiger partial charge in [0, 0.05) is 19.6 Å². The van der Waals surface area contributed by atoms with Gasteiger partial charge in [-0.1, -0.05) is 6.08 Å². The maximum Gasteiger partial charge on any atom is 0.217 e. The van der Waals surface area contributed by atoms with E-state index in [-0.39, 0.29) is 24.2 Å². The molecule has 7 nitrogen and oxygen atoms in total. The highest BCUT2D eigenvalue weighted by Crippen LogP contribution is 2.55. The lowest BCUT2D eigenvalue weighted by Crippen LogP contribution is -2.54. The molecule has 4 atom stereocenters. The third-order valence-corrected chi connectivity index (χ3v) is 5.99. The van der Waals surface area contributed by atoms with Crippen molar-refractivity contribution < 1.29 is 28.5 Å². The second kappa shape index (κ2) is 7.39. The van der Waals surface area contributed by atoms with Crippen LogP contribution in [0.2, 0.25) is 0 Å². The second-order valence-electron chi connectivity index (χ2n) is 7.49. The van der Waals surface area contributed by atoms with E-state index in [1.165, 1.54) is 6.92 Å². The zero-order chi connectivity index (χ0) is 20.8. The average Bonchev–Trinajstić information content (AvgIpc) is 2.97. The zero-order valence-electron chi connectivity index (χ0n) is 17.4. The van der Waals surface area contributed by atoms with Gasteiger partial charge in [0.15, 0.2) is 11.5 Å². The first-order valence-corrected chi connectivity index (χ1v) is 9.70. The Labute approximate surface area is 170 Å². The third-order valence-electron chi connectivity index (χ3n) is 5.99. The number of methoxy groups -OCH3 is 4. The molecular formula is C22H27NO6. The maximum atomic E-state index is 12.0. The van der Waals surface area contributed by atoms with Gasteiger partial charge >= 0.3 is 0 Å². The van der Waals surface area contributed by atoms with Crippen molar-refractivity contribution in [2.45, 2.75) is 43.6 Å². The van der Waals surface area contributed by atoms with Gasteiger partial charge in [0.25, 0.3) is 0 Å². The molecule has 29 heavy (non-hydrogen) atoms. The maximum absolute atomic E-state index is 12.0. The average molecular weight is 401 g/mol. The van der Waals surface area contributed by atoms with Crippen molar-refractivity contribution in [3.63, 3.8) is 0 Å². The molecule has 1 aliphatic carbocycles. The fourth-order valence-corrected chi connectivity index (χ4v) is 4.77. The van der Waals surface area contributed by atoms with Crippen LogP contribution >= 0.6 is 0 Å².